The Labute approximate surface area is 130 Å². The highest BCUT2D eigenvalue weighted by molar-refractivity contribution is 5.28. The molecule has 0 spiro atoms. The second-order valence-corrected chi connectivity index (χ2v) is 6.91. The van der Waals surface area contributed by atoms with Gasteiger partial charge in [-0.3, -0.25) is 0 Å². The molecule has 1 aliphatic rings. The Kier molecular flexibility index (Phi) is 6.56. The van der Waals surface area contributed by atoms with Gasteiger partial charge in [0, 0.05) is 6.04 Å². The summed E-state index contributed by atoms with van der Waals surface area (Å²) in [6, 6.07) is 8.99. The molecule has 21 heavy (non-hydrogen) atoms. The molecule has 2 heteroatoms. The molecule has 0 heterocycles. The van der Waals surface area contributed by atoms with Gasteiger partial charge in [-0.2, -0.15) is 0 Å². The lowest BCUT2D eigenvalue weighted by atomic mass is 9.89. The summed E-state index contributed by atoms with van der Waals surface area (Å²) >= 11 is 0. The monoisotopic (exact) mass is 289 g/mol. The van der Waals surface area contributed by atoms with Gasteiger partial charge in [-0.1, -0.05) is 45.2 Å². The predicted molar refractivity (Wildman–Crippen MR) is 89.8 cm³/mol. The summed E-state index contributed by atoms with van der Waals surface area (Å²) in [6.07, 6.45) is 7.08. The fourth-order valence-corrected chi connectivity index (χ4v) is 2.97. The topological polar surface area (TPSA) is 21.3 Å². The zero-order valence-corrected chi connectivity index (χ0v) is 13.9. The van der Waals surface area contributed by atoms with E-state index in [-0.39, 0.29) is 0 Å². The van der Waals surface area contributed by atoms with Crippen LogP contribution in [0.3, 0.4) is 0 Å². The third-order valence-corrected chi connectivity index (χ3v) is 4.40. The fraction of sp³-hybridized carbons (Fsp3) is 0.684. The number of benzene rings is 1. The molecule has 1 aromatic rings. The van der Waals surface area contributed by atoms with E-state index in [2.05, 4.69) is 50.4 Å². The molecular formula is C19H31NO. The molecule has 1 saturated carbocycles. The quantitative estimate of drug-likeness (QED) is 0.766. The molecule has 0 amide bonds. The van der Waals surface area contributed by atoms with Gasteiger partial charge in [0.1, 0.15) is 5.75 Å². The average molecular weight is 289 g/mol. The number of nitrogens with one attached hydrogen (secondary N) is 1. The molecule has 118 valence electrons. The lowest BCUT2D eigenvalue weighted by molar-refractivity contribution is 0.271. The Morgan fingerprint density at radius 3 is 2.33 bits per heavy atom. The second kappa shape index (κ2) is 8.43. The van der Waals surface area contributed by atoms with E-state index in [1.807, 2.05) is 0 Å². The Balaban J connectivity index is 1.77. The van der Waals surface area contributed by atoms with Gasteiger partial charge in [-0.15, -0.1) is 0 Å². The summed E-state index contributed by atoms with van der Waals surface area (Å²) < 4.78 is 5.74. The summed E-state index contributed by atoms with van der Waals surface area (Å²) in [5.74, 6) is 2.43. The van der Waals surface area contributed by atoms with Gasteiger partial charge < -0.3 is 10.1 Å². The van der Waals surface area contributed by atoms with E-state index in [0.29, 0.717) is 12.0 Å². The van der Waals surface area contributed by atoms with E-state index < -0.39 is 0 Å². The highest BCUT2D eigenvalue weighted by Crippen LogP contribution is 2.24. The summed E-state index contributed by atoms with van der Waals surface area (Å²) in [5.41, 5.74) is 1.35. The van der Waals surface area contributed by atoms with Crippen molar-refractivity contribution in [3.63, 3.8) is 0 Å². The molecule has 1 aliphatic carbocycles. The van der Waals surface area contributed by atoms with Crippen LogP contribution >= 0.6 is 0 Å². The van der Waals surface area contributed by atoms with E-state index in [0.717, 1.165) is 24.8 Å². The third kappa shape index (κ3) is 5.70. The van der Waals surface area contributed by atoms with E-state index in [9.17, 15) is 0 Å². The average Bonchev–Trinajstić information content (AvgIpc) is 2.52. The van der Waals surface area contributed by atoms with Gasteiger partial charge in [0.25, 0.3) is 0 Å². The molecule has 1 N–H and O–H groups in total. The maximum absolute atomic E-state index is 5.74. The Hall–Kier alpha value is -1.02. The maximum atomic E-state index is 5.74. The van der Waals surface area contributed by atoms with Crippen LogP contribution in [0, 0.1) is 11.8 Å². The highest BCUT2D eigenvalue weighted by atomic mass is 16.5. The van der Waals surface area contributed by atoms with Gasteiger partial charge >= 0.3 is 0 Å². The molecular weight excluding hydrogens is 258 g/mol. The third-order valence-electron chi connectivity index (χ3n) is 4.40. The van der Waals surface area contributed by atoms with Crippen molar-refractivity contribution in [2.24, 2.45) is 11.8 Å². The second-order valence-electron chi connectivity index (χ2n) is 6.91. The van der Waals surface area contributed by atoms with Crippen LogP contribution < -0.4 is 10.1 Å². The number of ether oxygens (including phenoxy) is 1. The summed E-state index contributed by atoms with van der Waals surface area (Å²) in [5, 5.41) is 3.70. The smallest absolute Gasteiger partial charge is 0.119 e. The minimum Gasteiger partial charge on any atom is -0.493 e. The zero-order chi connectivity index (χ0) is 15.1. The molecule has 0 saturated heterocycles. The number of hydrogen-bond donors (Lipinski definition) is 1. The number of rotatable bonds is 7. The van der Waals surface area contributed by atoms with Crippen molar-refractivity contribution in [3.05, 3.63) is 29.8 Å². The molecule has 0 radical (unpaired) electrons. The van der Waals surface area contributed by atoms with Crippen molar-refractivity contribution in [1.82, 2.24) is 5.32 Å². The van der Waals surface area contributed by atoms with Crippen molar-refractivity contribution in [1.29, 1.82) is 0 Å². The molecule has 0 aromatic heterocycles. The highest BCUT2D eigenvalue weighted by Gasteiger charge is 2.14. The van der Waals surface area contributed by atoms with Crippen LogP contribution in [0.4, 0.5) is 0 Å². The first-order chi connectivity index (χ1) is 10.1. The largest absolute Gasteiger partial charge is 0.493 e. The van der Waals surface area contributed by atoms with Crippen molar-refractivity contribution in [2.75, 3.05) is 13.2 Å². The predicted octanol–water partition coefficient (Wildman–Crippen LogP) is 4.95. The van der Waals surface area contributed by atoms with Crippen LogP contribution in [-0.2, 0) is 0 Å². The van der Waals surface area contributed by atoms with E-state index in [1.165, 1.54) is 37.7 Å². The first-order valence-electron chi connectivity index (χ1n) is 8.61. The van der Waals surface area contributed by atoms with Crippen LogP contribution in [-0.4, -0.2) is 13.2 Å². The molecule has 2 rings (SSSR count). The zero-order valence-electron chi connectivity index (χ0n) is 13.9. The summed E-state index contributed by atoms with van der Waals surface area (Å²) in [6.45, 7) is 8.55. The van der Waals surface area contributed by atoms with Crippen molar-refractivity contribution in [2.45, 2.75) is 58.9 Å². The fourth-order valence-electron chi connectivity index (χ4n) is 2.97. The van der Waals surface area contributed by atoms with Gasteiger partial charge in [0.05, 0.1) is 6.61 Å². The van der Waals surface area contributed by atoms with Crippen LogP contribution in [0.1, 0.15) is 64.5 Å². The molecule has 1 aromatic carbocycles. The summed E-state index contributed by atoms with van der Waals surface area (Å²) in [4.78, 5) is 0. The van der Waals surface area contributed by atoms with Gasteiger partial charge in [-0.25, -0.2) is 0 Å². The SMILES string of the molecule is CC(C)COc1ccc(C(C)NCC2CCCCC2)cc1. The first-order valence-corrected chi connectivity index (χ1v) is 8.61. The van der Waals surface area contributed by atoms with Crippen molar-refractivity contribution < 1.29 is 4.74 Å². The molecule has 0 aliphatic heterocycles. The van der Waals surface area contributed by atoms with E-state index in [4.69, 9.17) is 4.74 Å². The number of hydrogen-bond acceptors (Lipinski definition) is 2. The minimum absolute atomic E-state index is 0.422. The minimum atomic E-state index is 0.422. The maximum Gasteiger partial charge on any atom is 0.119 e. The molecule has 0 bridgehead atoms. The van der Waals surface area contributed by atoms with Crippen LogP contribution in [0.2, 0.25) is 0 Å². The molecule has 1 atom stereocenters. The lowest BCUT2D eigenvalue weighted by Crippen LogP contribution is -2.27. The normalized spacial score (nSPS) is 17.9. The first kappa shape index (κ1) is 16.4. The summed E-state index contributed by atoms with van der Waals surface area (Å²) in [7, 11) is 0. The Morgan fingerprint density at radius 2 is 1.71 bits per heavy atom. The Morgan fingerprint density at radius 1 is 1.05 bits per heavy atom. The Bertz CT molecular complexity index is 393. The molecule has 1 fully saturated rings. The van der Waals surface area contributed by atoms with Gasteiger partial charge in [0.2, 0.25) is 0 Å². The molecule has 1 unspecified atom stereocenters. The standard InChI is InChI=1S/C19H31NO/c1-15(2)14-21-19-11-9-18(10-12-19)16(3)20-13-17-7-5-4-6-8-17/h9-12,15-17,20H,4-8,13-14H2,1-3H3. The van der Waals surface area contributed by atoms with E-state index in [1.54, 1.807) is 0 Å². The van der Waals surface area contributed by atoms with Crippen LogP contribution in [0.25, 0.3) is 0 Å². The molecule has 2 nitrogen and oxygen atoms in total. The van der Waals surface area contributed by atoms with Crippen LogP contribution in [0.15, 0.2) is 24.3 Å². The lowest BCUT2D eigenvalue weighted by Gasteiger charge is -2.24. The van der Waals surface area contributed by atoms with Gasteiger partial charge in [0.15, 0.2) is 0 Å². The van der Waals surface area contributed by atoms with E-state index >= 15 is 0 Å². The van der Waals surface area contributed by atoms with Crippen molar-refractivity contribution >= 4 is 0 Å². The van der Waals surface area contributed by atoms with Crippen molar-refractivity contribution in [3.8, 4) is 5.75 Å². The van der Waals surface area contributed by atoms with Crippen LogP contribution in [0.5, 0.6) is 5.75 Å². The van der Waals surface area contributed by atoms with Gasteiger partial charge in [-0.05, 0) is 55.8 Å².